The number of benzene rings is 1. The standard InChI is InChI=1S/C14H16N2O2/c1-2-17-13-8-5-9-16-14(13)18-12-7-4-3-6-11(12)10-15/h3-9H,2,10,15H2,1H3. The van der Waals surface area contributed by atoms with Crippen LogP contribution in [-0.2, 0) is 6.54 Å². The highest BCUT2D eigenvalue weighted by atomic mass is 16.5. The van der Waals surface area contributed by atoms with E-state index in [1.807, 2.05) is 43.3 Å². The van der Waals surface area contributed by atoms with Crippen molar-refractivity contribution in [3.63, 3.8) is 0 Å². The Bertz CT molecular complexity index is 515. The summed E-state index contributed by atoms with van der Waals surface area (Å²) in [6.07, 6.45) is 1.67. The van der Waals surface area contributed by atoms with Gasteiger partial charge in [0.15, 0.2) is 5.75 Å². The van der Waals surface area contributed by atoms with Gasteiger partial charge in [-0.1, -0.05) is 18.2 Å². The number of hydrogen-bond acceptors (Lipinski definition) is 4. The Kier molecular flexibility index (Phi) is 4.15. The topological polar surface area (TPSA) is 57.4 Å². The van der Waals surface area contributed by atoms with Crippen LogP contribution in [-0.4, -0.2) is 11.6 Å². The van der Waals surface area contributed by atoms with Gasteiger partial charge in [-0.2, -0.15) is 0 Å². The molecule has 94 valence electrons. The van der Waals surface area contributed by atoms with E-state index in [1.165, 1.54) is 0 Å². The molecule has 0 saturated carbocycles. The van der Waals surface area contributed by atoms with Crippen molar-refractivity contribution in [2.45, 2.75) is 13.5 Å². The summed E-state index contributed by atoms with van der Waals surface area (Å²) in [5.74, 6) is 1.80. The molecule has 4 heteroatoms. The first-order valence-corrected chi connectivity index (χ1v) is 5.88. The highest BCUT2D eigenvalue weighted by Crippen LogP contribution is 2.30. The first-order chi connectivity index (χ1) is 8.85. The molecule has 0 saturated heterocycles. The molecule has 1 aromatic heterocycles. The Labute approximate surface area is 106 Å². The number of aromatic nitrogens is 1. The van der Waals surface area contributed by atoms with Crippen molar-refractivity contribution >= 4 is 0 Å². The fourth-order valence-electron chi connectivity index (χ4n) is 1.59. The second kappa shape index (κ2) is 6.02. The van der Waals surface area contributed by atoms with E-state index in [2.05, 4.69) is 4.98 Å². The Morgan fingerprint density at radius 2 is 1.89 bits per heavy atom. The number of rotatable bonds is 5. The van der Waals surface area contributed by atoms with Crippen LogP contribution in [0.25, 0.3) is 0 Å². The van der Waals surface area contributed by atoms with Crippen molar-refractivity contribution in [3.8, 4) is 17.4 Å². The van der Waals surface area contributed by atoms with Gasteiger partial charge >= 0.3 is 0 Å². The van der Waals surface area contributed by atoms with Crippen molar-refractivity contribution in [2.75, 3.05) is 6.61 Å². The lowest BCUT2D eigenvalue weighted by Gasteiger charge is -2.12. The second-order valence-electron chi connectivity index (χ2n) is 3.65. The van der Waals surface area contributed by atoms with E-state index in [0.29, 0.717) is 30.5 Å². The molecule has 0 fully saturated rings. The molecule has 0 atom stereocenters. The summed E-state index contributed by atoms with van der Waals surface area (Å²) in [5.41, 5.74) is 6.61. The molecule has 0 aliphatic carbocycles. The predicted octanol–water partition coefficient (Wildman–Crippen LogP) is 2.73. The van der Waals surface area contributed by atoms with E-state index in [9.17, 15) is 0 Å². The number of hydrogen-bond donors (Lipinski definition) is 1. The maximum Gasteiger partial charge on any atom is 0.262 e. The van der Waals surface area contributed by atoms with Crippen LogP contribution in [0, 0.1) is 0 Å². The van der Waals surface area contributed by atoms with Gasteiger partial charge < -0.3 is 15.2 Å². The van der Waals surface area contributed by atoms with Crippen LogP contribution in [0.4, 0.5) is 0 Å². The number of nitrogens with zero attached hydrogens (tertiary/aromatic N) is 1. The van der Waals surface area contributed by atoms with E-state index in [0.717, 1.165) is 5.56 Å². The third-order valence-electron chi connectivity index (χ3n) is 2.44. The van der Waals surface area contributed by atoms with Gasteiger partial charge in [-0.05, 0) is 25.1 Å². The van der Waals surface area contributed by atoms with Crippen molar-refractivity contribution in [1.82, 2.24) is 4.98 Å². The molecular weight excluding hydrogens is 228 g/mol. The predicted molar refractivity (Wildman–Crippen MR) is 69.8 cm³/mol. The average molecular weight is 244 g/mol. The molecule has 0 aliphatic rings. The molecule has 0 amide bonds. The van der Waals surface area contributed by atoms with Gasteiger partial charge in [0.1, 0.15) is 5.75 Å². The fourth-order valence-corrected chi connectivity index (χ4v) is 1.59. The lowest BCUT2D eigenvalue weighted by Crippen LogP contribution is -2.01. The number of pyridine rings is 1. The third-order valence-corrected chi connectivity index (χ3v) is 2.44. The molecule has 0 unspecified atom stereocenters. The van der Waals surface area contributed by atoms with Gasteiger partial charge in [0, 0.05) is 18.3 Å². The van der Waals surface area contributed by atoms with Crippen molar-refractivity contribution < 1.29 is 9.47 Å². The SMILES string of the molecule is CCOc1cccnc1Oc1ccccc1CN. The van der Waals surface area contributed by atoms with E-state index in [4.69, 9.17) is 15.2 Å². The minimum Gasteiger partial charge on any atom is -0.488 e. The first kappa shape index (κ1) is 12.4. The van der Waals surface area contributed by atoms with Gasteiger partial charge in [0.25, 0.3) is 5.88 Å². The summed E-state index contributed by atoms with van der Waals surface area (Å²) >= 11 is 0. The number of nitrogens with two attached hydrogens (primary N) is 1. The van der Waals surface area contributed by atoms with E-state index < -0.39 is 0 Å². The van der Waals surface area contributed by atoms with Crippen molar-refractivity contribution in [3.05, 3.63) is 48.2 Å². The lowest BCUT2D eigenvalue weighted by atomic mass is 10.2. The summed E-state index contributed by atoms with van der Waals surface area (Å²) in [7, 11) is 0. The molecule has 0 radical (unpaired) electrons. The third kappa shape index (κ3) is 2.78. The van der Waals surface area contributed by atoms with E-state index in [-0.39, 0.29) is 0 Å². The van der Waals surface area contributed by atoms with Gasteiger partial charge in [-0.25, -0.2) is 4.98 Å². The highest BCUT2D eigenvalue weighted by Gasteiger charge is 2.09. The summed E-state index contributed by atoms with van der Waals surface area (Å²) in [4.78, 5) is 4.18. The molecule has 2 aromatic rings. The molecule has 1 heterocycles. The molecule has 0 spiro atoms. The van der Waals surface area contributed by atoms with Gasteiger partial charge in [-0.15, -0.1) is 0 Å². The van der Waals surface area contributed by atoms with Crippen LogP contribution >= 0.6 is 0 Å². The minimum atomic E-state index is 0.424. The smallest absolute Gasteiger partial charge is 0.262 e. The maximum absolute atomic E-state index is 5.77. The maximum atomic E-state index is 5.77. The van der Waals surface area contributed by atoms with Crippen LogP contribution in [0.5, 0.6) is 17.4 Å². The van der Waals surface area contributed by atoms with Crippen LogP contribution in [0.3, 0.4) is 0 Å². The Balaban J connectivity index is 2.28. The van der Waals surface area contributed by atoms with Crippen LogP contribution in [0.15, 0.2) is 42.6 Å². The summed E-state index contributed by atoms with van der Waals surface area (Å²) < 4.78 is 11.2. The van der Waals surface area contributed by atoms with Gasteiger partial charge in [-0.3, -0.25) is 0 Å². The summed E-state index contributed by atoms with van der Waals surface area (Å²) in [5, 5.41) is 0. The van der Waals surface area contributed by atoms with Crippen LogP contribution in [0.2, 0.25) is 0 Å². The first-order valence-electron chi connectivity index (χ1n) is 5.88. The molecule has 2 N–H and O–H groups in total. The molecule has 0 bridgehead atoms. The zero-order valence-electron chi connectivity index (χ0n) is 10.3. The monoisotopic (exact) mass is 244 g/mol. The fraction of sp³-hybridized carbons (Fsp3) is 0.214. The number of para-hydroxylation sites is 1. The Hall–Kier alpha value is -2.07. The Morgan fingerprint density at radius 3 is 2.67 bits per heavy atom. The molecule has 0 aliphatic heterocycles. The van der Waals surface area contributed by atoms with Crippen LogP contribution < -0.4 is 15.2 Å². The summed E-state index contributed by atoms with van der Waals surface area (Å²) in [6, 6.07) is 11.3. The molecule has 4 nitrogen and oxygen atoms in total. The molecular formula is C14H16N2O2. The molecule has 1 aromatic carbocycles. The normalized spacial score (nSPS) is 10.1. The largest absolute Gasteiger partial charge is 0.488 e. The minimum absolute atomic E-state index is 0.424. The number of ether oxygens (including phenoxy) is 2. The molecule has 18 heavy (non-hydrogen) atoms. The lowest BCUT2D eigenvalue weighted by molar-refractivity contribution is 0.316. The van der Waals surface area contributed by atoms with E-state index in [1.54, 1.807) is 6.20 Å². The van der Waals surface area contributed by atoms with Gasteiger partial charge in [0.2, 0.25) is 0 Å². The average Bonchev–Trinajstić information content (AvgIpc) is 2.42. The van der Waals surface area contributed by atoms with Crippen LogP contribution in [0.1, 0.15) is 12.5 Å². The quantitative estimate of drug-likeness (QED) is 0.878. The Morgan fingerprint density at radius 1 is 1.11 bits per heavy atom. The van der Waals surface area contributed by atoms with E-state index >= 15 is 0 Å². The van der Waals surface area contributed by atoms with Gasteiger partial charge in [0.05, 0.1) is 6.61 Å². The molecule has 2 rings (SSSR count). The zero-order chi connectivity index (χ0) is 12.8. The highest BCUT2D eigenvalue weighted by molar-refractivity contribution is 5.40. The zero-order valence-corrected chi connectivity index (χ0v) is 10.3. The van der Waals surface area contributed by atoms with Crippen molar-refractivity contribution in [1.29, 1.82) is 0 Å². The summed E-state index contributed by atoms with van der Waals surface area (Å²) in [6.45, 7) is 2.91. The van der Waals surface area contributed by atoms with Crippen molar-refractivity contribution in [2.24, 2.45) is 5.73 Å². The second-order valence-corrected chi connectivity index (χ2v) is 3.65.